The van der Waals surface area contributed by atoms with Gasteiger partial charge in [-0.15, -0.1) is 17.3 Å². The van der Waals surface area contributed by atoms with E-state index in [0.29, 0.717) is 5.03 Å². The average molecular weight is 382 g/mol. The smallest absolute Gasteiger partial charge is 0.103 e. The summed E-state index contributed by atoms with van der Waals surface area (Å²) < 4.78 is 0. The molecule has 14 heavy (non-hydrogen) atoms. The van der Waals surface area contributed by atoms with Gasteiger partial charge in [-0.1, -0.05) is 57.1 Å². The van der Waals surface area contributed by atoms with Crippen molar-refractivity contribution in [3.05, 3.63) is 32.3 Å². The first-order valence-electron chi connectivity index (χ1n) is 2.33. The van der Waals surface area contributed by atoms with Crippen LogP contribution in [0.15, 0.2) is 26.9 Å². The maximum Gasteiger partial charge on any atom is 0.154 e. The van der Waals surface area contributed by atoms with Crippen LogP contribution in [0.1, 0.15) is 22.3 Å². The standard InChI is InChI=1S/C6HCl4.3CH4.Sn/c7-3-1-2-4(8)6(10)5(3)9;;;;/h1H;3*1H4;. The Labute approximate surface area is 124 Å². The molecular weight excluding hydrogens is 369 g/mol. The van der Waals surface area contributed by atoms with Gasteiger partial charge in [-0.3, -0.25) is 0 Å². The molecule has 0 spiro atoms. The summed E-state index contributed by atoms with van der Waals surface area (Å²) in [6.07, 6.45) is 1.47. The molecule has 5 radical (unpaired) electrons. The second-order valence-electron chi connectivity index (χ2n) is 1.58. The van der Waals surface area contributed by atoms with Gasteiger partial charge in [0.15, 0.2) is 5.38 Å². The molecule has 0 aromatic heterocycles. The maximum absolute atomic E-state index is 5.61. The van der Waals surface area contributed by atoms with Gasteiger partial charge >= 0.3 is 0 Å². The van der Waals surface area contributed by atoms with Crippen LogP contribution in [0.25, 0.3) is 0 Å². The summed E-state index contributed by atoms with van der Waals surface area (Å²) in [4.78, 5) is 0. The quantitative estimate of drug-likeness (QED) is 0.396. The third-order valence-corrected chi connectivity index (χ3v) is 2.58. The van der Waals surface area contributed by atoms with E-state index in [1.165, 1.54) is 6.08 Å². The van der Waals surface area contributed by atoms with E-state index in [1.54, 1.807) is 0 Å². The van der Waals surface area contributed by atoms with Crippen molar-refractivity contribution in [2.24, 2.45) is 0 Å². The van der Waals surface area contributed by atoms with Crippen LogP contribution in [0.4, 0.5) is 0 Å². The fourth-order valence-corrected chi connectivity index (χ4v) is 1.15. The molecule has 81 valence electrons. The zero-order valence-electron chi connectivity index (χ0n) is 5.09. The molecule has 0 heterocycles. The predicted molar refractivity (Wildman–Crippen MR) is 71.2 cm³/mol. The normalized spacial score (nSPS) is 14.1. The van der Waals surface area contributed by atoms with Gasteiger partial charge in [-0.05, 0) is 0 Å². The summed E-state index contributed by atoms with van der Waals surface area (Å²) in [6.45, 7) is 0. The van der Waals surface area contributed by atoms with Crippen molar-refractivity contribution >= 4 is 70.3 Å². The van der Waals surface area contributed by atoms with E-state index >= 15 is 0 Å². The third kappa shape index (κ3) is 5.95. The number of halogens is 4. The van der Waals surface area contributed by atoms with Crippen molar-refractivity contribution in [1.82, 2.24) is 0 Å². The fraction of sp³-hybridized carbons (Fsp3) is 0.333. The van der Waals surface area contributed by atoms with Gasteiger partial charge in [0, 0.05) is 30.0 Å². The minimum Gasteiger partial charge on any atom is -0.103 e. The fourth-order valence-electron chi connectivity index (χ4n) is 0.455. The first kappa shape index (κ1) is 24.4. The Morgan fingerprint density at radius 3 is 1.71 bits per heavy atom. The minimum absolute atomic E-state index is 0. The molecule has 0 aromatic rings. The van der Waals surface area contributed by atoms with E-state index in [4.69, 9.17) is 46.4 Å². The van der Waals surface area contributed by atoms with Gasteiger partial charge in [-0.25, -0.2) is 0 Å². The molecule has 0 nitrogen and oxygen atoms in total. The second kappa shape index (κ2) is 10.7. The first-order chi connectivity index (χ1) is 4.63. The van der Waals surface area contributed by atoms with Crippen LogP contribution in [0.3, 0.4) is 0 Å². The average Bonchev–Trinajstić information content (AvgIpc) is 1.93. The van der Waals surface area contributed by atoms with E-state index in [9.17, 15) is 0 Å². The van der Waals surface area contributed by atoms with Crippen molar-refractivity contribution in [1.29, 1.82) is 0 Å². The van der Waals surface area contributed by atoms with Gasteiger partial charge in [0.2, 0.25) is 0 Å². The van der Waals surface area contributed by atoms with Gasteiger partial charge in [-0.2, -0.15) is 0 Å². The van der Waals surface area contributed by atoms with Gasteiger partial charge < -0.3 is 0 Å². The summed E-state index contributed by atoms with van der Waals surface area (Å²) >= 11 is 22.4. The van der Waals surface area contributed by atoms with E-state index < -0.39 is 0 Å². The van der Waals surface area contributed by atoms with Crippen LogP contribution in [0, 0.1) is 5.38 Å². The van der Waals surface area contributed by atoms with Crippen molar-refractivity contribution in [2.45, 2.75) is 22.3 Å². The minimum atomic E-state index is 0. The van der Waals surface area contributed by atoms with Gasteiger partial charge in [0.1, 0.15) is 0 Å². The van der Waals surface area contributed by atoms with E-state index in [1.807, 2.05) is 0 Å². The SMILES string of the molecule is C.C.C.Cl[C]1C(Cl)=C=CC(Cl)=C1Cl.[Sn]. The zero-order valence-corrected chi connectivity index (χ0v) is 11.0. The topological polar surface area (TPSA) is 0 Å². The van der Waals surface area contributed by atoms with Crippen LogP contribution in [0.2, 0.25) is 0 Å². The summed E-state index contributed by atoms with van der Waals surface area (Å²) in [5.41, 5.74) is 2.63. The Hall–Kier alpha value is 1.22. The third-order valence-electron chi connectivity index (χ3n) is 0.921. The first-order valence-corrected chi connectivity index (χ1v) is 3.85. The second-order valence-corrected chi connectivity index (χ2v) is 3.12. The molecule has 1 aliphatic rings. The van der Waals surface area contributed by atoms with Gasteiger partial charge in [0.25, 0.3) is 0 Å². The molecule has 0 saturated heterocycles. The van der Waals surface area contributed by atoms with E-state index in [2.05, 4.69) is 5.73 Å². The summed E-state index contributed by atoms with van der Waals surface area (Å²) in [6, 6.07) is 0. The zero-order chi connectivity index (χ0) is 7.72. The molecule has 0 unspecified atom stereocenters. The molecule has 0 bridgehead atoms. The molecular formula is C9H13Cl4Sn. The molecule has 0 saturated carbocycles. The molecule has 5 heteroatoms. The van der Waals surface area contributed by atoms with Crippen LogP contribution in [0.5, 0.6) is 0 Å². The summed E-state index contributed by atoms with van der Waals surface area (Å²) in [7, 11) is 0. The van der Waals surface area contributed by atoms with Crippen LogP contribution < -0.4 is 0 Å². The number of hydrogen-bond acceptors (Lipinski definition) is 0. The van der Waals surface area contributed by atoms with Gasteiger partial charge in [0.05, 0.1) is 15.1 Å². The van der Waals surface area contributed by atoms with Crippen molar-refractivity contribution < 1.29 is 0 Å². The Morgan fingerprint density at radius 2 is 1.36 bits per heavy atom. The van der Waals surface area contributed by atoms with Crippen molar-refractivity contribution in [2.75, 3.05) is 0 Å². The molecule has 0 amide bonds. The monoisotopic (exact) mass is 381 g/mol. The molecule has 1 aliphatic carbocycles. The maximum atomic E-state index is 5.61. The number of allylic oxidation sites excluding steroid dienone is 3. The number of rotatable bonds is 0. The summed E-state index contributed by atoms with van der Waals surface area (Å²) in [5.74, 6) is 0. The van der Waals surface area contributed by atoms with Crippen LogP contribution in [-0.2, 0) is 0 Å². The van der Waals surface area contributed by atoms with Crippen LogP contribution in [-0.4, -0.2) is 23.9 Å². The molecule has 0 N–H and O–H groups in total. The van der Waals surface area contributed by atoms with E-state index in [0.717, 1.165) is 0 Å². The largest absolute Gasteiger partial charge is 0.154 e. The molecule has 1 rings (SSSR count). The Balaban J connectivity index is -0.000000125. The molecule has 0 atom stereocenters. The molecule has 0 aromatic carbocycles. The van der Waals surface area contributed by atoms with Crippen molar-refractivity contribution in [3.63, 3.8) is 0 Å². The Morgan fingerprint density at radius 1 is 0.929 bits per heavy atom. The Bertz CT molecular complexity index is 252. The van der Waals surface area contributed by atoms with Crippen molar-refractivity contribution in [3.8, 4) is 0 Å². The van der Waals surface area contributed by atoms with Crippen LogP contribution >= 0.6 is 46.4 Å². The summed E-state index contributed by atoms with van der Waals surface area (Å²) in [5, 5.41) is 1.16. The number of hydrogen-bond donors (Lipinski definition) is 0. The molecule has 0 aliphatic heterocycles. The predicted octanol–water partition coefficient (Wildman–Crippen LogP) is 5.27. The van der Waals surface area contributed by atoms with E-state index in [-0.39, 0.29) is 61.6 Å². The Kier molecular flexibility index (Phi) is 18.7. The molecule has 0 fully saturated rings.